The average Bonchev–Trinajstić information content (AvgIpc) is 3.00. The summed E-state index contributed by atoms with van der Waals surface area (Å²) in [7, 11) is 1.47. The van der Waals surface area contributed by atoms with Gasteiger partial charge < -0.3 is 24.4 Å². The van der Waals surface area contributed by atoms with Crippen LogP contribution in [-0.2, 0) is 9.53 Å². The summed E-state index contributed by atoms with van der Waals surface area (Å²) >= 11 is 0. The number of hydrogen-bond donors (Lipinski definition) is 1. The van der Waals surface area contributed by atoms with Crippen molar-refractivity contribution in [2.45, 2.75) is 13.8 Å². The molecule has 1 saturated heterocycles. The van der Waals surface area contributed by atoms with Crippen LogP contribution in [-0.4, -0.2) is 66.8 Å². The van der Waals surface area contributed by atoms with Crippen LogP contribution in [0.3, 0.4) is 0 Å². The minimum atomic E-state index is -0.224. The molecule has 2 amide bonds. The number of carbonyl (C=O) groups excluding carboxylic acids is 2. The number of ether oxygens (including phenoxy) is 1. The van der Waals surface area contributed by atoms with E-state index in [4.69, 9.17) is 9.26 Å². The number of nitrogens with one attached hydrogen (secondary N) is 1. The van der Waals surface area contributed by atoms with Crippen molar-refractivity contribution in [1.29, 1.82) is 0 Å². The lowest BCUT2D eigenvalue weighted by atomic mass is 10.1. The first-order chi connectivity index (χ1) is 13.0. The Balaban J connectivity index is 1.57. The van der Waals surface area contributed by atoms with Crippen LogP contribution < -0.4 is 10.2 Å². The lowest BCUT2D eigenvalue weighted by Crippen LogP contribution is -2.49. The third kappa shape index (κ3) is 4.25. The number of amides is 2. The van der Waals surface area contributed by atoms with Gasteiger partial charge in [-0.2, -0.15) is 0 Å². The zero-order chi connectivity index (χ0) is 19.4. The van der Waals surface area contributed by atoms with Crippen LogP contribution in [0.1, 0.15) is 21.8 Å². The molecule has 2 aromatic rings. The molecule has 0 spiro atoms. The van der Waals surface area contributed by atoms with Gasteiger partial charge in [-0.1, -0.05) is 5.16 Å². The van der Waals surface area contributed by atoms with Crippen LogP contribution in [0.2, 0.25) is 0 Å². The van der Waals surface area contributed by atoms with Gasteiger partial charge in [0, 0.05) is 33.3 Å². The molecule has 0 bridgehead atoms. The number of pyridine rings is 1. The number of aromatic nitrogens is 2. The number of carbonyl (C=O) groups is 2. The van der Waals surface area contributed by atoms with E-state index in [1.54, 1.807) is 26.1 Å². The Morgan fingerprint density at radius 2 is 1.96 bits per heavy atom. The number of hydrogen-bond acceptors (Lipinski definition) is 7. The summed E-state index contributed by atoms with van der Waals surface area (Å²) in [5, 5.41) is 6.56. The molecule has 1 aliphatic rings. The van der Waals surface area contributed by atoms with Crippen LogP contribution in [0, 0.1) is 13.8 Å². The van der Waals surface area contributed by atoms with E-state index in [2.05, 4.69) is 20.4 Å². The van der Waals surface area contributed by atoms with Crippen LogP contribution in [0.4, 0.5) is 11.5 Å². The smallest absolute Gasteiger partial charge is 0.259 e. The van der Waals surface area contributed by atoms with E-state index >= 15 is 0 Å². The van der Waals surface area contributed by atoms with Crippen molar-refractivity contribution < 1.29 is 18.8 Å². The van der Waals surface area contributed by atoms with Gasteiger partial charge in [0.2, 0.25) is 5.91 Å². The Labute approximate surface area is 157 Å². The molecular formula is C18H23N5O4. The first kappa shape index (κ1) is 18.8. The highest BCUT2D eigenvalue weighted by atomic mass is 16.5. The molecule has 3 heterocycles. The molecular weight excluding hydrogens is 350 g/mol. The first-order valence-corrected chi connectivity index (χ1v) is 8.71. The molecule has 27 heavy (non-hydrogen) atoms. The summed E-state index contributed by atoms with van der Waals surface area (Å²) in [6, 6.07) is 3.66. The number of nitrogens with zero attached hydrogens (tertiary/aromatic N) is 4. The van der Waals surface area contributed by atoms with Gasteiger partial charge in [0.05, 0.1) is 17.6 Å². The highest BCUT2D eigenvalue weighted by Gasteiger charge is 2.27. The Morgan fingerprint density at radius 1 is 1.22 bits per heavy atom. The largest absolute Gasteiger partial charge is 0.375 e. The number of rotatable bonds is 5. The van der Waals surface area contributed by atoms with Crippen molar-refractivity contribution in [2.24, 2.45) is 0 Å². The summed E-state index contributed by atoms with van der Waals surface area (Å²) < 4.78 is 9.88. The van der Waals surface area contributed by atoms with Crippen molar-refractivity contribution in [1.82, 2.24) is 15.0 Å². The molecule has 9 nitrogen and oxygen atoms in total. The van der Waals surface area contributed by atoms with Gasteiger partial charge in [-0.25, -0.2) is 4.98 Å². The molecule has 0 atom stereocenters. The Kier molecular flexibility index (Phi) is 5.70. The number of aryl methyl sites for hydroxylation is 2. The van der Waals surface area contributed by atoms with Crippen LogP contribution in [0.5, 0.6) is 0 Å². The summed E-state index contributed by atoms with van der Waals surface area (Å²) in [6.45, 7) is 6.07. The van der Waals surface area contributed by atoms with Crippen LogP contribution in [0.25, 0.3) is 0 Å². The maximum Gasteiger partial charge on any atom is 0.259 e. The Bertz CT molecular complexity index is 790. The Morgan fingerprint density at radius 3 is 2.52 bits per heavy atom. The van der Waals surface area contributed by atoms with Gasteiger partial charge >= 0.3 is 0 Å². The number of anilines is 2. The molecule has 3 rings (SSSR count). The minimum absolute atomic E-state index is 0.00285. The zero-order valence-corrected chi connectivity index (χ0v) is 15.7. The number of methoxy groups -OCH3 is 1. The van der Waals surface area contributed by atoms with E-state index in [1.165, 1.54) is 7.11 Å². The third-order valence-corrected chi connectivity index (χ3v) is 4.45. The first-order valence-electron chi connectivity index (χ1n) is 8.71. The van der Waals surface area contributed by atoms with E-state index < -0.39 is 0 Å². The summed E-state index contributed by atoms with van der Waals surface area (Å²) in [4.78, 5) is 32.5. The third-order valence-electron chi connectivity index (χ3n) is 4.45. The summed E-state index contributed by atoms with van der Waals surface area (Å²) in [6.07, 6.45) is 1.62. The van der Waals surface area contributed by atoms with Crippen molar-refractivity contribution in [3.63, 3.8) is 0 Å². The second kappa shape index (κ2) is 8.17. The van der Waals surface area contributed by atoms with Crippen molar-refractivity contribution in [3.8, 4) is 0 Å². The molecule has 0 unspecified atom stereocenters. The average molecular weight is 373 g/mol. The molecule has 1 aliphatic heterocycles. The van der Waals surface area contributed by atoms with Gasteiger partial charge in [0.25, 0.3) is 5.91 Å². The normalized spacial score (nSPS) is 14.3. The van der Waals surface area contributed by atoms with E-state index in [9.17, 15) is 9.59 Å². The van der Waals surface area contributed by atoms with E-state index in [1.807, 2.05) is 11.0 Å². The van der Waals surface area contributed by atoms with Crippen molar-refractivity contribution in [3.05, 3.63) is 35.3 Å². The summed E-state index contributed by atoms with van der Waals surface area (Å²) in [5.74, 6) is 1.09. The molecule has 0 aliphatic carbocycles. The molecule has 0 saturated carbocycles. The molecule has 9 heteroatoms. The lowest BCUT2D eigenvalue weighted by molar-refractivity contribution is -0.119. The van der Waals surface area contributed by atoms with Gasteiger partial charge in [-0.15, -0.1) is 0 Å². The molecule has 0 radical (unpaired) electrons. The van der Waals surface area contributed by atoms with E-state index in [0.717, 1.165) is 5.82 Å². The maximum atomic E-state index is 12.7. The zero-order valence-electron chi connectivity index (χ0n) is 15.7. The van der Waals surface area contributed by atoms with Gasteiger partial charge in [0.1, 0.15) is 23.7 Å². The van der Waals surface area contributed by atoms with Gasteiger partial charge in [-0.05, 0) is 26.0 Å². The topological polar surface area (TPSA) is 101 Å². The lowest BCUT2D eigenvalue weighted by Gasteiger charge is -2.35. The molecule has 1 fully saturated rings. The fourth-order valence-electron chi connectivity index (χ4n) is 3.06. The standard InChI is InChI=1S/C18H23N5O4/c1-12-17(13(2)27-21-12)18(25)23-8-6-22(7-9-23)15-5-4-14(10-19-15)20-16(24)11-26-3/h4-5,10H,6-9,11H2,1-3H3,(H,20,24). The van der Waals surface area contributed by atoms with Crippen molar-refractivity contribution in [2.75, 3.05) is 50.1 Å². The summed E-state index contributed by atoms with van der Waals surface area (Å²) in [5.41, 5.74) is 1.79. The van der Waals surface area contributed by atoms with Gasteiger partial charge in [0.15, 0.2) is 0 Å². The SMILES string of the molecule is COCC(=O)Nc1ccc(N2CCN(C(=O)c3c(C)noc3C)CC2)nc1. The predicted octanol–water partition coefficient (Wildman–Crippen LogP) is 1.23. The maximum absolute atomic E-state index is 12.7. The van der Waals surface area contributed by atoms with Gasteiger partial charge in [-0.3, -0.25) is 9.59 Å². The monoisotopic (exact) mass is 373 g/mol. The Hall–Kier alpha value is -2.94. The quantitative estimate of drug-likeness (QED) is 0.841. The second-order valence-corrected chi connectivity index (χ2v) is 6.36. The minimum Gasteiger partial charge on any atom is -0.375 e. The second-order valence-electron chi connectivity index (χ2n) is 6.36. The highest BCUT2D eigenvalue weighted by Crippen LogP contribution is 2.19. The van der Waals surface area contributed by atoms with Crippen LogP contribution in [0.15, 0.2) is 22.9 Å². The molecule has 0 aromatic carbocycles. The molecule has 144 valence electrons. The number of piperazine rings is 1. The predicted molar refractivity (Wildman–Crippen MR) is 98.8 cm³/mol. The fraction of sp³-hybridized carbons (Fsp3) is 0.444. The van der Waals surface area contributed by atoms with Crippen molar-refractivity contribution >= 4 is 23.3 Å². The van der Waals surface area contributed by atoms with E-state index in [-0.39, 0.29) is 18.4 Å². The fourth-order valence-corrected chi connectivity index (χ4v) is 3.06. The molecule has 2 aromatic heterocycles. The highest BCUT2D eigenvalue weighted by molar-refractivity contribution is 5.96. The van der Waals surface area contributed by atoms with Crippen LogP contribution >= 0.6 is 0 Å². The molecule has 1 N–H and O–H groups in total. The van der Waals surface area contributed by atoms with E-state index in [0.29, 0.717) is 48.9 Å².